The Morgan fingerprint density at radius 3 is 2.47 bits per heavy atom. The van der Waals surface area contributed by atoms with Crippen molar-refractivity contribution in [3.8, 4) is 11.5 Å². The van der Waals surface area contributed by atoms with Crippen LogP contribution in [-0.2, 0) is 4.74 Å². The SMILES string of the molecule is COc1cc(OCCOCC(C)C)cc(C(=N)N)c1. The van der Waals surface area contributed by atoms with Gasteiger partial charge >= 0.3 is 0 Å². The van der Waals surface area contributed by atoms with Crippen LogP contribution < -0.4 is 15.2 Å². The predicted octanol–water partition coefficient (Wildman–Crippen LogP) is 2.03. The average molecular weight is 266 g/mol. The van der Waals surface area contributed by atoms with E-state index in [1.807, 2.05) is 0 Å². The van der Waals surface area contributed by atoms with E-state index in [-0.39, 0.29) is 5.84 Å². The van der Waals surface area contributed by atoms with Crippen LogP contribution in [0.4, 0.5) is 0 Å². The molecule has 0 aliphatic rings. The normalized spacial score (nSPS) is 10.5. The Kier molecular flexibility index (Phi) is 6.15. The highest BCUT2D eigenvalue weighted by molar-refractivity contribution is 5.95. The molecule has 0 aliphatic carbocycles. The van der Waals surface area contributed by atoms with E-state index >= 15 is 0 Å². The summed E-state index contributed by atoms with van der Waals surface area (Å²) in [6.45, 7) is 5.91. The summed E-state index contributed by atoms with van der Waals surface area (Å²) < 4.78 is 16.1. The molecule has 0 amide bonds. The third kappa shape index (κ3) is 5.61. The summed E-state index contributed by atoms with van der Waals surface area (Å²) in [4.78, 5) is 0. The van der Waals surface area contributed by atoms with Gasteiger partial charge in [0.05, 0.1) is 13.7 Å². The lowest BCUT2D eigenvalue weighted by atomic mass is 10.2. The number of methoxy groups -OCH3 is 1. The molecule has 0 atom stereocenters. The second-order valence-corrected chi connectivity index (χ2v) is 4.63. The van der Waals surface area contributed by atoms with Gasteiger partial charge in [-0.1, -0.05) is 13.8 Å². The van der Waals surface area contributed by atoms with Crippen molar-refractivity contribution in [3.63, 3.8) is 0 Å². The van der Waals surface area contributed by atoms with E-state index in [4.69, 9.17) is 25.4 Å². The van der Waals surface area contributed by atoms with E-state index in [9.17, 15) is 0 Å². The smallest absolute Gasteiger partial charge is 0.123 e. The summed E-state index contributed by atoms with van der Waals surface area (Å²) in [5.41, 5.74) is 6.04. The van der Waals surface area contributed by atoms with Crippen LogP contribution in [0.5, 0.6) is 11.5 Å². The van der Waals surface area contributed by atoms with Gasteiger partial charge in [0.15, 0.2) is 0 Å². The van der Waals surface area contributed by atoms with Crippen molar-refractivity contribution in [2.45, 2.75) is 13.8 Å². The number of benzene rings is 1. The van der Waals surface area contributed by atoms with Gasteiger partial charge in [-0.05, 0) is 18.1 Å². The predicted molar refractivity (Wildman–Crippen MR) is 75.2 cm³/mol. The van der Waals surface area contributed by atoms with E-state index in [0.717, 1.165) is 6.61 Å². The van der Waals surface area contributed by atoms with Crippen LogP contribution in [0.15, 0.2) is 18.2 Å². The van der Waals surface area contributed by atoms with E-state index in [1.165, 1.54) is 0 Å². The molecule has 1 rings (SSSR count). The molecule has 0 unspecified atom stereocenters. The molecular weight excluding hydrogens is 244 g/mol. The number of amidine groups is 1. The Balaban J connectivity index is 2.53. The summed E-state index contributed by atoms with van der Waals surface area (Å²) in [5, 5.41) is 7.44. The van der Waals surface area contributed by atoms with Gasteiger partial charge < -0.3 is 19.9 Å². The zero-order valence-corrected chi connectivity index (χ0v) is 11.7. The van der Waals surface area contributed by atoms with Crippen LogP contribution in [0.25, 0.3) is 0 Å². The summed E-state index contributed by atoms with van der Waals surface area (Å²) in [5.74, 6) is 1.74. The zero-order valence-electron chi connectivity index (χ0n) is 11.7. The largest absolute Gasteiger partial charge is 0.497 e. The van der Waals surface area contributed by atoms with Gasteiger partial charge in [-0.2, -0.15) is 0 Å². The molecular formula is C14H22N2O3. The Hall–Kier alpha value is -1.75. The third-order valence-electron chi connectivity index (χ3n) is 2.37. The second-order valence-electron chi connectivity index (χ2n) is 4.63. The molecule has 5 nitrogen and oxygen atoms in total. The molecule has 1 aromatic carbocycles. The van der Waals surface area contributed by atoms with Gasteiger partial charge in [0.25, 0.3) is 0 Å². The zero-order chi connectivity index (χ0) is 14.3. The Morgan fingerprint density at radius 1 is 1.21 bits per heavy atom. The van der Waals surface area contributed by atoms with Gasteiger partial charge in [0.1, 0.15) is 23.9 Å². The van der Waals surface area contributed by atoms with Gasteiger partial charge in [0, 0.05) is 18.2 Å². The van der Waals surface area contributed by atoms with Crippen LogP contribution in [0, 0.1) is 11.3 Å². The minimum Gasteiger partial charge on any atom is -0.497 e. The molecule has 0 saturated heterocycles. The Bertz CT molecular complexity index is 419. The van der Waals surface area contributed by atoms with Crippen LogP contribution in [-0.4, -0.2) is 32.8 Å². The van der Waals surface area contributed by atoms with Gasteiger partial charge in [-0.15, -0.1) is 0 Å². The highest BCUT2D eigenvalue weighted by atomic mass is 16.5. The van der Waals surface area contributed by atoms with Gasteiger partial charge in [0.2, 0.25) is 0 Å². The summed E-state index contributed by atoms with van der Waals surface area (Å²) in [7, 11) is 1.56. The molecule has 0 bridgehead atoms. The maximum atomic E-state index is 7.44. The van der Waals surface area contributed by atoms with E-state index in [0.29, 0.717) is 36.2 Å². The fourth-order valence-electron chi connectivity index (χ4n) is 1.47. The van der Waals surface area contributed by atoms with Gasteiger partial charge in [-0.3, -0.25) is 5.41 Å². The number of rotatable bonds is 8. The standard InChI is InChI=1S/C14H22N2O3/c1-10(2)9-18-4-5-19-13-7-11(14(15)16)6-12(8-13)17-3/h6-8,10H,4-5,9H2,1-3H3,(H3,15,16). The van der Waals surface area contributed by atoms with Crippen molar-refractivity contribution in [3.05, 3.63) is 23.8 Å². The fourth-order valence-corrected chi connectivity index (χ4v) is 1.47. The first-order valence-corrected chi connectivity index (χ1v) is 6.27. The number of nitrogen functional groups attached to an aromatic ring is 1. The fraction of sp³-hybridized carbons (Fsp3) is 0.500. The van der Waals surface area contributed by atoms with E-state index in [2.05, 4.69) is 13.8 Å². The lowest BCUT2D eigenvalue weighted by molar-refractivity contribution is 0.0818. The maximum absolute atomic E-state index is 7.44. The summed E-state index contributed by atoms with van der Waals surface area (Å²) in [6, 6.07) is 5.17. The summed E-state index contributed by atoms with van der Waals surface area (Å²) in [6.07, 6.45) is 0. The second kappa shape index (κ2) is 7.63. The molecule has 0 saturated carbocycles. The number of nitrogens with two attached hydrogens (primary N) is 1. The lowest BCUT2D eigenvalue weighted by Gasteiger charge is -2.11. The minimum atomic E-state index is -0.0141. The molecule has 3 N–H and O–H groups in total. The van der Waals surface area contributed by atoms with Crippen LogP contribution in [0.1, 0.15) is 19.4 Å². The maximum Gasteiger partial charge on any atom is 0.123 e. The quantitative estimate of drug-likeness (QED) is 0.429. The highest BCUT2D eigenvalue weighted by Gasteiger charge is 2.05. The van der Waals surface area contributed by atoms with Gasteiger partial charge in [-0.25, -0.2) is 0 Å². The molecule has 0 radical (unpaired) electrons. The Morgan fingerprint density at radius 2 is 1.89 bits per heavy atom. The third-order valence-corrected chi connectivity index (χ3v) is 2.37. The number of nitrogens with one attached hydrogen (secondary N) is 1. The topological polar surface area (TPSA) is 77.6 Å². The lowest BCUT2D eigenvalue weighted by Crippen LogP contribution is -2.13. The average Bonchev–Trinajstić information content (AvgIpc) is 2.37. The molecule has 0 aliphatic heterocycles. The molecule has 1 aromatic rings. The van der Waals surface area contributed by atoms with Crippen molar-refractivity contribution >= 4 is 5.84 Å². The first-order valence-electron chi connectivity index (χ1n) is 6.27. The molecule has 0 spiro atoms. The van der Waals surface area contributed by atoms with E-state index < -0.39 is 0 Å². The molecule has 0 fully saturated rings. The van der Waals surface area contributed by atoms with Crippen LogP contribution in [0.2, 0.25) is 0 Å². The van der Waals surface area contributed by atoms with Crippen molar-refractivity contribution in [1.82, 2.24) is 0 Å². The summed E-state index contributed by atoms with van der Waals surface area (Å²) >= 11 is 0. The number of hydrogen-bond acceptors (Lipinski definition) is 4. The van der Waals surface area contributed by atoms with Crippen LogP contribution >= 0.6 is 0 Å². The number of hydrogen-bond donors (Lipinski definition) is 2. The molecule has 19 heavy (non-hydrogen) atoms. The van der Waals surface area contributed by atoms with Crippen molar-refractivity contribution in [2.75, 3.05) is 26.9 Å². The highest BCUT2D eigenvalue weighted by Crippen LogP contribution is 2.22. The Labute approximate surface area is 114 Å². The molecule has 5 heteroatoms. The number of ether oxygens (including phenoxy) is 3. The molecule has 106 valence electrons. The molecule has 0 heterocycles. The van der Waals surface area contributed by atoms with Crippen molar-refractivity contribution in [1.29, 1.82) is 5.41 Å². The van der Waals surface area contributed by atoms with Crippen LogP contribution in [0.3, 0.4) is 0 Å². The molecule has 0 aromatic heterocycles. The first-order chi connectivity index (χ1) is 9.02. The van der Waals surface area contributed by atoms with Crippen molar-refractivity contribution < 1.29 is 14.2 Å². The monoisotopic (exact) mass is 266 g/mol. The van der Waals surface area contributed by atoms with E-state index in [1.54, 1.807) is 25.3 Å². The minimum absolute atomic E-state index is 0.0141. The first kappa shape index (κ1) is 15.3. The van der Waals surface area contributed by atoms with Crippen molar-refractivity contribution in [2.24, 2.45) is 11.7 Å².